The number of hydrogen-bond acceptors (Lipinski definition) is 4. The Hall–Kier alpha value is -2.04. The third-order valence-electron chi connectivity index (χ3n) is 6.48. The number of nitrogens with zero attached hydrogens (tertiary/aromatic N) is 1. The molecular weight excluding hydrogens is 294 g/mol. The highest BCUT2D eigenvalue weighted by Crippen LogP contribution is 2.63. The van der Waals surface area contributed by atoms with Gasteiger partial charge >= 0.3 is 0 Å². The zero-order valence-electron chi connectivity index (χ0n) is 13.3. The van der Waals surface area contributed by atoms with Crippen molar-refractivity contribution < 1.29 is 19.1 Å². The maximum Gasteiger partial charge on any atom is 0.223 e. The minimum Gasteiger partial charge on any atom is -0.493 e. The Bertz CT molecular complexity index is 758. The minimum absolute atomic E-state index is 0.121. The molecule has 1 saturated heterocycles. The van der Waals surface area contributed by atoms with Crippen molar-refractivity contribution in [2.45, 2.75) is 43.2 Å². The molecule has 1 amide bonds. The van der Waals surface area contributed by atoms with Gasteiger partial charge in [-0.1, -0.05) is 6.07 Å². The fraction of sp³-hybridized carbons (Fsp3) is 0.556. The lowest BCUT2D eigenvalue weighted by Crippen LogP contribution is -2.66. The molecule has 5 nitrogen and oxygen atoms in total. The first-order valence-electron chi connectivity index (χ1n) is 8.23. The number of ether oxygens (including phenoxy) is 2. The molecule has 1 aromatic carbocycles. The molecule has 5 rings (SSSR count). The van der Waals surface area contributed by atoms with Crippen LogP contribution in [0.25, 0.3) is 0 Å². The van der Waals surface area contributed by atoms with E-state index in [4.69, 9.17) is 9.47 Å². The van der Waals surface area contributed by atoms with Crippen LogP contribution >= 0.6 is 0 Å². The van der Waals surface area contributed by atoms with Crippen LogP contribution in [-0.4, -0.2) is 42.9 Å². The summed E-state index contributed by atoms with van der Waals surface area (Å²) in [5.74, 6) is 1.92. The van der Waals surface area contributed by atoms with E-state index in [1.165, 1.54) is 5.56 Å². The van der Waals surface area contributed by atoms with Crippen molar-refractivity contribution in [2.24, 2.45) is 5.92 Å². The Kier molecular flexibility index (Phi) is 2.37. The number of ketones is 1. The summed E-state index contributed by atoms with van der Waals surface area (Å²) >= 11 is 0. The average Bonchev–Trinajstić information content (AvgIpc) is 2.89. The molecule has 4 atom stereocenters. The monoisotopic (exact) mass is 313 g/mol. The number of carbonyl (C=O) groups excluding carboxylic acids is 2. The van der Waals surface area contributed by atoms with Crippen LogP contribution in [0.1, 0.15) is 30.4 Å². The van der Waals surface area contributed by atoms with Gasteiger partial charge in [0.15, 0.2) is 23.4 Å². The van der Waals surface area contributed by atoms with Gasteiger partial charge in [-0.15, -0.1) is 0 Å². The van der Waals surface area contributed by atoms with Crippen LogP contribution in [0, 0.1) is 5.92 Å². The highest BCUT2D eigenvalue weighted by molar-refractivity contribution is 5.92. The van der Waals surface area contributed by atoms with Crippen molar-refractivity contribution in [3.8, 4) is 11.5 Å². The first-order chi connectivity index (χ1) is 11.1. The largest absolute Gasteiger partial charge is 0.493 e. The molecule has 23 heavy (non-hydrogen) atoms. The van der Waals surface area contributed by atoms with Crippen molar-refractivity contribution in [2.75, 3.05) is 14.2 Å². The van der Waals surface area contributed by atoms with Crippen LogP contribution < -0.4 is 9.47 Å². The van der Waals surface area contributed by atoms with Crippen molar-refractivity contribution in [1.29, 1.82) is 0 Å². The van der Waals surface area contributed by atoms with E-state index in [1.54, 1.807) is 7.11 Å². The fourth-order valence-corrected chi connectivity index (χ4v) is 5.52. The van der Waals surface area contributed by atoms with Crippen LogP contribution in [0.2, 0.25) is 0 Å². The summed E-state index contributed by atoms with van der Waals surface area (Å²) < 4.78 is 11.6. The molecule has 1 aromatic rings. The summed E-state index contributed by atoms with van der Waals surface area (Å²) in [6, 6.07) is 4.17. The molecule has 5 heteroatoms. The molecule has 1 saturated carbocycles. The maximum absolute atomic E-state index is 12.6. The highest BCUT2D eigenvalue weighted by atomic mass is 16.5. The normalized spacial score (nSPS) is 36.6. The van der Waals surface area contributed by atoms with Gasteiger partial charge in [-0.05, 0) is 30.4 Å². The van der Waals surface area contributed by atoms with Crippen LogP contribution in [0.4, 0.5) is 0 Å². The fourth-order valence-electron chi connectivity index (χ4n) is 5.52. The molecule has 2 fully saturated rings. The molecule has 2 aliphatic heterocycles. The number of likely N-dealkylation sites (tertiary alicyclic amines) is 1. The maximum atomic E-state index is 12.6. The Morgan fingerprint density at radius 2 is 2.17 bits per heavy atom. The number of benzene rings is 1. The molecule has 2 aliphatic carbocycles. The summed E-state index contributed by atoms with van der Waals surface area (Å²) in [4.78, 5) is 27.1. The lowest BCUT2D eigenvalue weighted by Gasteiger charge is -2.56. The first-order valence-corrected chi connectivity index (χ1v) is 8.23. The molecule has 2 heterocycles. The Morgan fingerprint density at radius 1 is 1.35 bits per heavy atom. The topological polar surface area (TPSA) is 55.8 Å². The second kappa shape index (κ2) is 4.08. The van der Waals surface area contributed by atoms with Crippen molar-refractivity contribution >= 4 is 11.7 Å². The lowest BCUT2D eigenvalue weighted by molar-refractivity contribution is -0.152. The summed E-state index contributed by atoms with van der Waals surface area (Å²) in [7, 11) is 3.52. The molecule has 1 spiro atoms. The van der Waals surface area contributed by atoms with E-state index in [0.29, 0.717) is 30.3 Å². The Morgan fingerprint density at radius 3 is 2.96 bits per heavy atom. The van der Waals surface area contributed by atoms with Crippen molar-refractivity contribution in [1.82, 2.24) is 4.90 Å². The van der Waals surface area contributed by atoms with Crippen LogP contribution in [0.5, 0.6) is 11.5 Å². The van der Waals surface area contributed by atoms with E-state index in [-0.39, 0.29) is 17.7 Å². The van der Waals surface area contributed by atoms with E-state index < -0.39 is 11.5 Å². The average molecular weight is 313 g/mol. The number of amides is 1. The quantitative estimate of drug-likeness (QED) is 0.788. The molecule has 2 bridgehead atoms. The number of carbonyl (C=O) groups is 2. The SMILES string of the molecule is COc1ccc2c3c1O[C@@H]1C(=O)CC[C@@H]4[C@H](C2)N(C)C(=O)C[C@@]314. The zero-order chi connectivity index (χ0) is 15.9. The number of piperidine rings is 1. The summed E-state index contributed by atoms with van der Waals surface area (Å²) in [6.45, 7) is 0. The molecule has 0 N–H and O–H groups in total. The van der Waals surface area contributed by atoms with Gasteiger partial charge in [0, 0.05) is 31.5 Å². The minimum atomic E-state index is -0.522. The predicted octanol–water partition coefficient (Wildman–Crippen LogP) is 1.46. The number of Topliss-reactive ketones (excluding diaryl/α,β-unsaturated/α-hetero) is 1. The first kappa shape index (κ1) is 13.4. The molecule has 120 valence electrons. The van der Waals surface area contributed by atoms with Crippen molar-refractivity contribution in [3.63, 3.8) is 0 Å². The summed E-state index contributed by atoms with van der Waals surface area (Å²) in [5, 5.41) is 0. The van der Waals surface area contributed by atoms with E-state index in [2.05, 4.69) is 6.07 Å². The van der Waals surface area contributed by atoms with Crippen LogP contribution in [0.3, 0.4) is 0 Å². The summed E-state index contributed by atoms with van der Waals surface area (Å²) in [5.41, 5.74) is 1.82. The van der Waals surface area contributed by atoms with Gasteiger partial charge in [0.2, 0.25) is 5.91 Å². The highest BCUT2D eigenvalue weighted by Gasteiger charge is 2.67. The van der Waals surface area contributed by atoms with Gasteiger partial charge in [-0.25, -0.2) is 0 Å². The summed E-state index contributed by atoms with van der Waals surface area (Å²) in [6.07, 6.45) is 2.07. The van der Waals surface area contributed by atoms with Crippen LogP contribution in [-0.2, 0) is 21.4 Å². The molecule has 0 aromatic heterocycles. The standard InChI is InChI=1S/C18H19NO4/c1-19-11-7-9-3-6-13(22-2)16-15(9)18(8-14(19)21)10(11)4-5-12(20)17(18)23-16/h3,6,10-11,17H,4-5,7-8H2,1-2H3/t10-,11+,17-,18-/m1/s1. The van der Waals surface area contributed by atoms with E-state index in [0.717, 1.165) is 18.4 Å². The predicted molar refractivity (Wildman–Crippen MR) is 81.7 cm³/mol. The second-order valence-electron chi connectivity index (χ2n) is 7.23. The number of rotatable bonds is 1. The number of methoxy groups -OCH3 is 1. The van der Waals surface area contributed by atoms with Crippen molar-refractivity contribution in [3.05, 3.63) is 23.3 Å². The number of likely N-dealkylation sites (N-methyl/N-ethyl adjacent to an activating group) is 1. The van der Waals surface area contributed by atoms with Gasteiger partial charge in [-0.2, -0.15) is 0 Å². The third kappa shape index (κ3) is 1.35. The van der Waals surface area contributed by atoms with E-state index in [9.17, 15) is 9.59 Å². The molecular formula is C18H19NO4. The van der Waals surface area contributed by atoms with Crippen LogP contribution in [0.15, 0.2) is 12.1 Å². The zero-order valence-corrected chi connectivity index (χ0v) is 13.3. The Balaban J connectivity index is 1.83. The van der Waals surface area contributed by atoms with Gasteiger partial charge < -0.3 is 14.4 Å². The molecule has 0 radical (unpaired) electrons. The lowest BCUT2D eigenvalue weighted by atomic mass is 9.51. The van der Waals surface area contributed by atoms with Gasteiger partial charge in [0.1, 0.15) is 0 Å². The molecule has 4 aliphatic rings. The number of hydrogen-bond donors (Lipinski definition) is 0. The van der Waals surface area contributed by atoms with E-state index >= 15 is 0 Å². The smallest absolute Gasteiger partial charge is 0.223 e. The van der Waals surface area contributed by atoms with Gasteiger partial charge in [0.25, 0.3) is 0 Å². The second-order valence-corrected chi connectivity index (χ2v) is 7.23. The molecule has 0 unspecified atom stereocenters. The third-order valence-corrected chi connectivity index (χ3v) is 6.48. The Labute approximate surface area is 134 Å². The van der Waals surface area contributed by atoms with Gasteiger partial charge in [0.05, 0.1) is 12.5 Å². The van der Waals surface area contributed by atoms with E-state index in [1.807, 2.05) is 18.0 Å². The van der Waals surface area contributed by atoms with Gasteiger partial charge in [-0.3, -0.25) is 9.59 Å².